The molecule has 3 rings (SSSR count). The maximum absolute atomic E-state index is 12.3. The summed E-state index contributed by atoms with van der Waals surface area (Å²) in [4.78, 5) is 14.1. The number of urea groups is 1. The molecule has 0 spiro atoms. The first-order valence-electron chi connectivity index (χ1n) is 8.54. The molecule has 24 heavy (non-hydrogen) atoms. The number of para-hydroxylation sites is 1. The highest BCUT2D eigenvalue weighted by Crippen LogP contribution is 2.19. The number of nitrogens with zero attached hydrogens (tertiary/aromatic N) is 1. The summed E-state index contributed by atoms with van der Waals surface area (Å²) < 4.78 is 5.83. The summed E-state index contributed by atoms with van der Waals surface area (Å²) in [6, 6.07) is 19.8. The summed E-state index contributed by atoms with van der Waals surface area (Å²) in [7, 11) is 0. The number of benzene rings is 2. The predicted octanol–water partition coefficient (Wildman–Crippen LogP) is 4.15. The van der Waals surface area contributed by atoms with E-state index < -0.39 is 0 Å². The lowest BCUT2D eigenvalue weighted by Gasteiger charge is -2.31. The van der Waals surface area contributed by atoms with Crippen molar-refractivity contribution in [3.63, 3.8) is 0 Å². The Morgan fingerprint density at radius 2 is 1.62 bits per heavy atom. The van der Waals surface area contributed by atoms with Gasteiger partial charge >= 0.3 is 6.03 Å². The molecule has 1 aliphatic heterocycles. The zero-order valence-corrected chi connectivity index (χ0v) is 13.9. The van der Waals surface area contributed by atoms with Crippen LogP contribution in [0.1, 0.15) is 18.4 Å². The Labute approximate surface area is 143 Å². The van der Waals surface area contributed by atoms with Gasteiger partial charge in [-0.25, -0.2) is 4.79 Å². The fourth-order valence-electron chi connectivity index (χ4n) is 2.94. The molecule has 0 aromatic heterocycles. The topological polar surface area (TPSA) is 41.6 Å². The number of piperidine rings is 1. The summed E-state index contributed by atoms with van der Waals surface area (Å²) in [5, 5.41) is 2.95. The summed E-state index contributed by atoms with van der Waals surface area (Å²) in [6.07, 6.45) is 1.99. The third-order valence-electron chi connectivity index (χ3n) is 4.39. The van der Waals surface area contributed by atoms with Crippen molar-refractivity contribution in [1.29, 1.82) is 0 Å². The van der Waals surface area contributed by atoms with Crippen LogP contribution >= 0.6 is 0 Å². The van der Waals surface area contributed by atoms with E-state index in [2.05, 4.69) is 17.4 Å². The first kappa shape index (κ1) is 16.5. The molecule has 0 radical (unpaired) electrons. The lowest BCUT2D eigenvalue weighted by molar-refractivity contribution is 0.0640. The highest BCUT2D eigenvalue weighted by atomic mass is 16.5. The maximum Gasteiger partial charge on any atom is 0.321 e. The summed E-state index contributed by atoms with van der Waals surface area (Å²) in [5.41, 5.74) is 2.05. The van der Waals surface area contributed by atoms with E-state index in [4.69, 9.17) is 4.74 Å². The minimum Gasteiger partial charge on any atom is -0.376 e. The van der Waals surface area contributed by atoms with Gasteiger partial charge in [-0.3, -0.25) is 0 Å². The zero-order valence-electron chi connectivity index (χ0n) is 13.9. The second-order valence-corrected chi connectivity index (χ2v) is 6.23. The number of carbonyl (C=O) groups is 1. The van der Waals surface area contributed by atoms with Crippen LogP contribution in [0.25, 0.3) is 0 Å². The SMILES string of the molecule is O=C(Nc1ccccc1)N1CCC(COCc2ccccc2)CC1. The van der Waals surface area contributed by atoms with Crippen LogP contribution in [0.5, 0.6) is 0 Å². The minimum atomic E-state index is -0.00939. The van der Waals surface area contributed by atoms with Crippen LogP contribution in [0.15, 0.2) is 60.7 Å². The van der Waals surface area contributed by atoms with Gasteiger partial charge in [-0.15, -0.1) is 0 Å². The average Bonchev–Trinajstić information content (AvgIpc) is 2.64. The summed E-state index contributed by atoms with van der Waals surface area (Å²) in [5.74, 6) is 0.537. The number of hydrogen-bond donors (Lipinski definition) is 1. The number of hydrogen-bond acceptors (Lipinski definition) is 2. The molecule has 1 heterocycles. The van der Waals surface area contributed by atoms with E-state index in [1.807, 2.05) is 53.4 Å². The molecule has 2 amide bonds. The fourth-order valence-corrected chi connectivity index (χ4v) is 2.94. The molecule has 1 N–H and O–H groups in total. The third-order valence-corrected chi connectivity index (χ3v) is 4.39. The molecule has 0 saturated carbocycles. The number of rotatable bonds is 5. The molecular formula is C20H24N2O2. The van der Waals surface area contributed by atoms with Crippen LogP contribution < -0.4 is 5.32 Å². The molecule has 0 aliphatic carbocycles. The Hall–Kier alpha value is -2.33. The number of ether oxygens (including phenoxy) is 1. The second-order valence-electron chi connectivity index (χ2n) is 6.23. The molecule has 0 atom stereocenters. The van der Waals surface area contributed by atoms with Gasteiger partial charge in [-0.2, -0.15) is 0 Å². The predicted molar refractivity (Wildman–Crippen MR) is 95.9 cm³/mol. The Bertz CT molecular complexity index is 623. The van der Waals surface area contributed by atoms with E-state index in [1.54, 1.807) is 0 Å². The maximum atomic E-state index is 12.3. The summed E-state index contributed by atoms with van der Waals surface area (Å²) in [6.45, 7) is 3.01. The first-order valence-corrected chi connectivity index (χ1v) is 8.54. The largest absolute Gasteiger partial charge is 0.376 e. The van der Waals surface area contributed by atoms with E-state index in [9.17, 15) is 4.79 Å². The smallest absolute Gasteiger partial charge is 0.321 e. The van der Waals surface area contributed by atoms with Crippen LogP contribution in [0, 0.1) is 5.92 Å². The van der Waals surface area contributed by atoms with Gasteiger partial charge < -0.3 is 15.0 Å². The van der Waals surface area contributed by atoms with Crippen LogP contribution in [0.3, 0.4) is 0 Å². The molecule has 4 heteroatoms. The standard InChI is InChI=1S/C20H24N2O2/c23-20(21-19-9-5-2-6-10-19)22-13-11-18(12-14-22)16-24-15-17-7-3-1-4-8-17/h1-10,18H,11-16H2,(H,21,23). The van der Waals surface area contributed by atoms with Gasteiger partial charge in [0.1, 0.15) is 0 Å². The Morgan fingerprint density at radius 1 is 1.00 bits per heavy atom. The molecule has 2 aromatic rings. The van der Waals surface area contributed by atoms with Crippen molar-refractivity contribution in [2.75, 3.05) is 25.0 Å². The van der Waals surface area contributed by atoms with E-state index in [0.29, 0.717) is 12.5 Å². The van der Waals surface area contributed by atoms with E-state index >= 15 is 0 Å². The molecule has 1 saturated heterocycles. The normalized spacial score (nSPS) is 15.2. The number of amides is 2. The highest BCUT2D eigenvalue weighted by Gasteiger charge is 2.22. The van der Waals surface area contributed by atoms with Crippen LogP contribution in [-0.2, 0) is 11.3 Å². The van der Waals surface area contributed by atoms with Gasteiger partial charge in [0.2, 0.25) is 0 Å². The molecular weight excluding hydrogens is 300 g/mol. The van der Waals surface area contributed by atoms with Crippen LogP contribution in [0.2, 0.25) is 0 Å². The van der Waals surface area contributed by atoms with Crippen LogP contribution in [-0.4, -0.2) is 30.6 Å². The Balaban J connectivity index is 1.37. The van der Waals surface area contributed by atoms with Gasteiger partial charge in [-0.05, 0) is 36.5 Å². The monoisotopic (exact) mass is 324 g/mol. The molecule has 1 aliphatic rings. The van der Waals surface area contributed by atoms with Gasteiger partial charge in [0.25, 0.3) is 0 Å². The van der Waals surface area contributed by atoms with Crippen molar-refractivity contribution in [2.45, 2.75) is 19.4 Å². The second kappa shape index (κ2) is 8.50. The fraction of sp³-hybridized carbons (Fsp3) is 0.350. The van der Waals surface area contributed by atoms with Crippen molar-refractivity contribution in [3.05, 3.63) is 66.2 Å². The summed E-state index contributed by atoms with van der Waals surface area (Å²) >= 11 is 0. The van der Waals surface area contributed by atoms with Gasteiger partial charge in [0.15, 0.2) is 0 Å². The quantitative estimate of drug-likeness (QED) is 0.898. The molecule has 0 unspecified atom stereocenters. The van der Waals surface area contributed by atoms with Gasteiger partial charge in [-0.1, -0.05) is 48.5 Å². The Kier molecular flexibility index (Phi) is 5.85. The van der Waals surface area contributed by atoms with Crippen LogP contribution in [0.4, 0.5) is 10.5 Å². The zero-order chi connectivity index (χ0) is 16.6. The number of anilines is 1. The minimum absolute atomic E-state index is 0.00939. The Morgan fingerprint density at radius 3 is 2.29 bits per heavy atom. The first-order chi connectivity index (χ1) is 11.8. The van der Waals surface area contributed by atoms with Crippen molar-refractivity contribution >= 4 is 11.7 Å². The van der Waals surface area contributed by atoms with E-state index in [1.165, 1.54) is 5.56 Å². The molecule has 0 bridgehead atoms. The van der Waals surface area contributed by atoms with Crippen molar-refractivity contribution in [2.24, 2.45) is 5.92 Å². The highest BCUT2D eigenvalue weighted by molar-refractivity contribution is 5.89. The average molecular weight is 324 g/mol. The van der Waals surface area contributed by atoms with Gasteiger partial charge in [0, 0.05) is 25.4 Å². The number of carbonyl (C=O) groups excluding carboxylic acids is 1. The van der Waals surface area contributed by atoms with Crippen molar-refractivity contribution in [1.82, 2.24) is 4.90 Å². The molecule has 4 nitrogen and oxygen atoms in total. The molecule has 2 aromatic carbocycles. The van der Waals surface area contributed by atoms with Crippen molar-refractivity contribution < 1.29 is 9.53 Å². The molecule has 1 fully saturated rings. The number of nitrogens with one attached hydrogen (secondary N) is 1. The van der Waals surface area contributed by atoms with Gasteiger partial charge in [0.05, 0.1) is 6.61 Å². The van der Waals surface area contributed by atoms with Crippen molar-refractivity contribution in [3.8, 4) is 0 Å². The third kappa shape index (κ3) is 4.83. The molecule has 126 valence electrons. The number of likely N-dealkylation sites (tertiary alicyclic amines) is 1. The van der Waals surface area contributed by atoms with E-state index in [0.717, 1.165) is 38.2 Å². The lowest BCUT2D eigenvalue weighted by atomic mass is 9.98. The lowest BCUT2D eigenvalue weighted by Crippen LogP contribution is -2.41. The van der Waals surface area contributed by atoms with E-state index in [-0.39, 0.29) is 6.03 Å².